The van der Waals surface area contributed by atoms with Gasteiger partial charge in [0.2, 0.25) is 5.91 Å². The highest BCUT2D eigenvalue weighted by molar-refractivity contribution is 5.82. The Morgan fingerprint density at radius 2 is 1.43 bits per heavy atom. The Kier molecular flexibility index (Phi) is 9.76. The molecule has 0 saturated carbocycles. The molecule has 11 nitrogen and oxygen atoms in total. The van der Waals surface area contributed by atoms with Crippen molar-refractivity contribution in [3.05, 3.63) is 59.7 Å². The lowest BCUT2D eigenvalue weighted by molar-refractivity contribution is -0.142. The van der Waals surface area contributed by atoms with Gasteiger partial charge < -0.3 is 30.7 Å². The van der Waals surface area contributed by atoms with Crippen molar-refractivity contribution in [3.8, 4) is 11.1 Å². The average molecular weight is 486 g/mol. The van der Waals surface area contributed by atoms with Crippen LogP contribution in [0.25, 0.3) is 11.1 Å². The van der Waals surface area contributed by atoms with Crippen molar-refractivity contribution < 1.29 is 44.0 Å². The van der Waals surface area contributed by atoms with E-state index in [0.29, 0.717) is 0 Å². The fourth-order valence-electron chi connectivity index (χ4n) is 3.57. The van der Waals surface area contributed by atoms with Crippen LogP contribution in [0.15, 0.2) is 48.5 Å². The third-order valence-corrected chi connectivity index (χ3v) is 5.05. The van der Waals surface area contributed by atoms with Crippen LogP contribution < -0.4 is 10.6 Å². The molecular formula is C24H26N2O9. The lowest BCUT2D eigenvalue weighted by Crippen LogP contribution is -2.39. The summed E-state index contributed by atoms with van der Waals surface area (Å²) in [6, 6.07) is 14.9. The fraction of sp³-hybridized carbons (Fsp3) is 0.292. The minimum absolute atomic E-state index is 0.0250. The van der Waals surface area contributed by atoms with Gasteiger partial charge in [0.25, 0.3) is 0 Å². The Bertz CT molecular complexity index is 1050. The molecule has 0 heterocycles. The number of rotatable bonds is 9. The summed E-state index contributed by atoms with van der Waals surface area (Å²) in [4.78, 5) is 53.0. The molecule has 0 fully saturated rings. The SMILES string of the molecule is CC(=O)NC(CCC(=O)O)C(=O)O.O=C(O)CNC(=O)OCC1c2ccccc2-c2ccccc21. The zero-order valence-electron chi connectivity index (χ0n) is 18.9. The molecule has 0 aromatic heterocycles. The van der Waals surface area contributed by atoms with Gasteiger partial charge in [-0.2, -0.15) is 0 Å². The highest BCUT2D eigenvalue weighted by Crippen LogP contribution is 2.44. The minimum atomic E-state index is -1.23. The van der Waals surface area contributed by atoms with E-state index in [-0.39, 0.29) is 25.4 Å². The number of carbonyl (C=O) groups excluding carboxylic acids is 2. The van der Waals surface area contributed by atoms with Gasteiger partial charge in [0.15, 0.2) is 0 Å². The molecule has 11 heteroatoms. The predicted octanol–water partition coefficient (Wildman–Crippen LogP) is 2.05. The van der Waals surface area contributed by atoms with Crippen LogP contribution in [-0.2, 0) is 23.9 Å². The van der Waals surface area contributed by atoms with Crippen LogP contribution in [0.4, 0.5) is 4.79 Å². The third-order valence-electron chi connectivity index (χ3n) is 5.05. The van der Waals surface area contributed by atoms with Gasteiger partial charge in [0.05, 0.1) is 0 Å². The van der Waals surface area contributed by atoms with Crippen LogP contribution in [0, 0.1) is 0 Å². The van der Waals surface area contributed by atoms with Crippen LogP contribution in [0.5, 0.6) is 0 Å². The molecule has 0 saturated heterocycles. The summed E-state index contributed by atoms with van der Waals surface area (Å²) in [5, 5.41) is 29.7. The Morgan fingerprint density at radius 3 is 1.89 bits per heavy atom. The number of carboxylic acid groups (broad SMARTS) is 3. The molecule has 1 atom stereocenters. The zero-order chi connectivity index (χ0) is 26.0. The molecule has 2 aromatic rings. The monoisotopic (exact) mass is 486 g/mol. The maximum Gasteiger partial charge on any atom is 0.407 e. The summed E-state index contributed by atoms with van der Waals surface area (Å²) in [5.41, 5.74) is 4.54. The van der Waals surface area contributed by atoms with Gasteiger partial charge in [-0.1, -0.05) is 48.5 Å². The summed E-state index contributed by atoms with van der Waals surface area (Å²) < 4.78 is 5.18. The number of carbonyl (C=O) groups is 5. The summed E-state index contributed by atoms with van der Waals surface area (Å²) in [5.74, 6) is -3.93. The molecule has 186 valence electrons. The molecule has 0 radical (unpaired) electrons. The Balaban J connectivity index is 0.000000287. The Hall–Kier alpha value is -4.41. The molecule has 35 heavy (non-hydrogen) atoms. The highest BCUT2D eigenvalue weighted by atomic mass is 16.5. The van der Waals surface area contributed by atoms with Crippen LogP contribution in [0.1, 0.15) is 36.8 Å². The van der Waals surface area contributed by atoms with Crippen LogP contribution in [-0.4, -0.2) is 64.4 Å². The molecule has 0 aliphatic heterocycles. The van der Waals surface area contributed by atoms with Gasteiger partial charge in [-0.25, -0.2) is 9.59 Å². The van der Waals surface area contributed by atoms with E-state index >= 15 is 0 Å². The van der Waals surface area contributed by atoms with Crippen molar-refractivity contribution >= 4 is 29.9 Å². The second-order valence-electron chi connectivity index (χ2n) is 7.60. The van der Waals surface area contributed by atoms with Crippen molar-refractivity contribution in [2.75, 3.05) is 13.2 Å². The van der Waals surface area contributed by atoms with Gasteiger partial charge in [-0.3, -0.25) is 14.4 Å². The van der Waals surface area contributed by atoms with E-state index in [2.05, 4.69) is 22.8 Å². The lowest BCUT2D eigenvalue weighted by Gasteiger charge is -2.14. The number of hydrogen-bond donors (Lipinski definition) is 5. The number of alkyl carbamates (subject to hydrolysis) is 1. The number of benzene rings is 2. The summed E-state index contributed by atoms with van der Waals surface area (Å²) in [6.07, 6.45) is -1.11. The highest BCUT2D eigenvalue weighted by Gasteiger charge is 2.29. The second kappa shape index (κ2) is 12.7. The number of hydrogen-bond acceptors (Lipinski definition) is 6. The van der Waals surface area contributed by atoms with Crippen molar-refractivity contribution in [2.45, 2.75) is 31.7 Å². The van der Waals surface area contributed by atoms with Gasteiger partial charge in [0.1, 0.15) is 19.2 Å². The normalized spacial score (nSPS) is 12.1. The lowest BCUT2D eigenvalue weighted by atomic mass is 9.98. The number of ether oxygens (including phenoxy) is 1. The molecule has 2 aromatic carbocycles. The molecule has 0 spiro atoms. The number of nitrogens with one attached hydrogen (secondary N) is 2. The van der Waals surface area contributed by atoms with E-state index in [1.165, 1.54) is 6.92 Å². The van der Waals surface area contributed by atoms with Crippen molar-refractivity contribution in [3.63, 3.8) is 0 Å². The zero-order valence-corrected chi connectivity index (χ0v) is 18.9. The van der Waals surface area contributed by atoms with Crippen molar-refractivity contribution in [1.29, 1.82) is 0 Å². The first-order chi connectivity index (χ1) is 16.6. The molecule has 1 aliphatic rings. The van der Waals surface area contributed by atoms with E-state index in [0.717, 1.165) is 22.3 Å². The molecule has 1 unspecified atom stereocenters. The summed E-state index contributed by atoms with van der Waals surface area (Å²) in [6.45, 7) is 0.910. The Morgan fingerprint density at radius 1 is 0.886 bits per heavy atom. The fourth-order valence-corrected chi connectivity index (χ4v) is 3.57. The molecule has 3 rings (SSSR count). The third kappa shape index (κ3) is 8.14. The predicted molar refractivity (Wildman–Crippen MR) is 123 cm³/mol. The maximum atomic E-state index is 11.5. The van der Waals surface area contributed by atoms with Crippen LogP contribution in [0.2, 0.25) is 0 Å². The van der Waals surface area contributed by atoms with Crippen molar-refractivity contribution in [1.82, 2.24) is 10.6 Å². The minimum Gasteiger partial charge on any atom is -0.481 e. The van der Waals surface area contributed by atoms with E-state index < -0.39 is 42.5 Å². The second-order valence-corrected chi connectivity index (χ2v) is 7.60. The van der Waals surface area contributed by atoms with Gasteiger partial charge in [-0.15, -0.1) is 0 Å². The maximum absolute atomic E-state index is 11.5. The Labute approximate surface area is 200 Å². The quantitative estimate of drug-likeness (QED) is 0.354. The number of amides is 2. The van der Waals surface area contributed by atoms with Crippen LogP contribution >= 0.6 is 0 Å². The molecule has 0 bridgehead atoms. The van der Waals surface area contributed by atoms with Crippen LogP contribution in [0.3, 0.4) is 0 Å². The number of carboxylic acids is 3. The largest absolute Gasteiger partial charge is 0.481 e. The van der Waals surface area contributed by atoms with Gasteiger partial charge in [-0.05, 0) is 28.7 Å². The van der Waals surface area contributed by atoms with Crippen molar-refractivity contribution in [2.24, 2.45) is 0 Å². The van der Waals surface area contributed by atoms with E-state index in [1.54, 1.807) is 0 Å². The molecule has 2 amide bonds. The first-order valence-electron chi connectivity index (χ1n) is 10.6. The van der Waals surface area contributed by atoms with Gasteiger partial charge >= 0.3 is 24.0 Å². The summed E-state index contributed by atoms with van der Waals surface area (Å²) in [7, 11) is 0. The first kappa shape index (κ1) is 26.8. The topological polar surface area (TPSA) is 179 Å². The smallest absolute Gasteiger partial charge is 0.407 e. The molecule has 1 aliphatic carbocycles. The molecule has 5 N–H and O–H groups in total. The summed E-state index contributed by atoms with van der Waals surface area (Å²) >= 11 is 0. The molecular weight excluding hydrogens is 460 g/mol. The van der Waals surface area contributed by atoms with E-state index in [1.807, 2.05) is 36.4 Å². The number of aliphatic carboxylic acids is 3. The van der Waals surface area contributed by atoms with Gasteiger partial charge in [0, 0.05) is 19.3 Å². The standard InChI is InChI=1S/C17H15NO4.C7H11NO5/c19-16(20)9-18-17(21)22-10-15-13-7-3-1-5-11(13)12-6-2-4-8-14(12)15;1-4(9)8-5(7(12)13)2-3-6(10)11/h1-8,15H,9-10H2,(H,18,21)(H,19,20);5H,2-3H2,1H3,(H,8,9)(H,10,11)(H,12,13). The average Bonchev–Trinajstić information content (AvgIpc) is 3.12. The van der Waals surface area contributed by atoms with E-state index in [4.69, 9.17) is 20.1 Å². The van der Waals surface area contributed by atoms with E-state index in [9.17, 15) is 24.0 Å². The first-order valence-corrected chi connectivity index (χ1v) is 10.6. The number of fused-ring (bicyclic) bond motifs is 3.